The maximum absolute atomic E-state index is 13.7. The molecule has 2 heterocycles. The number of allylic oxidation sites excluding steroid dienone is 4. The predicted molar refractivity (Wildman–Crippen MR) is 76.0 cm³/mol. The van der Waals surface area contributed by atoms with Crippen LogP contribution in [-0.4, -0.2) is 30.0 Å². The van der Waals surface area contributed by atoms with Crippen LogP contribution in [-0.2, 0) is 0 Å². The van der Waals surface area contributed by atoms with Crippen LogP contribution in [0.4, 0.5) is 4.39 Å². The Bertz CT molecular complexity index is 726. The van der Waals surface area contributed by atoms with Gasteiger partial charge in [-0.3, -0.25) is 0 Å². The molecule has 1 unspecified atom stereocenters. The molecule has 1 aromatic rings. The number of rotatable bonds is 1. The number of hydrogen-bond acceptors (Lipinski definition) is 3. The Kier molecular flexibility index (Phi) is 2.50. The quantitative estimate of drug-likeness (QED) is 0.775. The molecule has 3 aliphatic rings. The zero-order valence-corrected chi connectivity index (χ0v) is 11.6. The molecule has 0 spiro atoms. The van der Waals surface area contributed by atoms with Gasteiger partial charge in [-0.05, 0) is 44.2 Å². The Morgan fingerprint density at radius 3 is 3.16 bits per heavy atom. The van der Waals surface area contributed by atoms with E-state index in [2.05, 4.69) is 11.9 Å². The van der Waals surface area contributed by atoms with E-state index in [9.17, 15) is 4.39 Å². The average Bonchev–Trinajstić information content (AvgIpc) is 3.03. The van der Waals surface area contributed by atoms with Crippen LogP contribution >= 0.6 is 11.3 Å². The molecule has 19 heavy (non-hydrogen) atoms. The lowest BCUT2D eigenvalue weighted by molar-refractivity contribution is 0.411. The summed E-state index contributed by atoms with van der Waals surface area (Å²) >= 11 is 1.75. The molecular weight excluding hydrogens is 259 g/mol. The topological polar surface area (TPSA) is 16.1 Å². The van der Waals surface area contributed by atoms with Crippen molar-refractivity contribution in [3.63, 3.8) is 0 Å². The summed E-state index contributed by atoms with van der Waals surface area (Å²) in [5, 5.41) is 2.26. The van der Waals surface area contributed by atoms with Gasteiger partial charge < -0.3 is 4.90 Å². The second-order valence-electron chi connectivity index (χ2n) is 5.50. The van der Waals surface area contributed by atoms with Gasteiger partial charge in [-0.2, -0.15) is 0 Å². The minimum Gasteiger partial charge on any atom is -0.306 e. The van der Waals surface area contributed by atoms with E-state index >= 15 is 0 Å². The molecule has 1 fully saturated rings. The molecule has 98 valence electrons. The van der Waals surface area contributed by atoms with E-state index in [1.54, 1.807) is 17.4 Å². The smallest absolute Gasteiger partial charge is 0.130 e. The maximum Gasteiger partial charge on any atom is 0.130 e. The van der Waals surface area contributed by atoms with Crippen molar-refractivity contribution in [1.82, 2.24) is 9.88 Å². The number of aromatic nitrogens is 1. The normalized spacial score (nSPS) is 25.8. The van der Waals surface area contributed by atoms with Gasteiger partial charge in [0, 0.05) is 18.0 Å². The summed E-state index contributed by atoms with van der Waals surface area (Å²) in [5.74, 6) is 0.444. The number of halogens is 1. The van der Waals surface area contributed by atoms with E-state index in [4.69, 9.17) is 4.98 Å². The van der Waals surface area contributed by atoms with Crippen LogP contribution in [0.5, 0.6) is 0 Å². The van der Waals surface area contributed by atoms with Gasteiger partial charge in [-0.15, -0.1) is 11.3 Å². The molecule has 0 radical (unpaired) electrons. The minimum atomic E-state index is -0.117. The van der Waals surface area contributed by atoms with Crippen LogP contribution in [0, 0.1) is 0 Å². The molecule has 1 saturated heterocycles. The summed E-state index contributed by atoms with van der Waals surface area (Å²) in [6.45, 7) is 2.25. The third-order valence-corrected chi connectivity index (χ3v) is 5.31. The first-order valence-corrected chi connectivity index (χ1v) is 7.51. The summed E-state index contributed by atoms with van der Waals surface area (Å²) in [7, 11) is 2.16. The van der Waals surface area contributed by atoms with E-state index in [0.29, 0.717) is 5.92 Å². The molecule has 2 nitrogen and oxygen atoms in total. The van der Waals surface area contributed by atoms with Crippen molar-refractivity contribution in [3.8, 4) is 0 Å². The summed E-state index contributed by atoms with van der Waals surface area (Å²) in [4.78, 5) is 7.16. The third kappa shape index (κ3) is 1.74. The van der Waals surface area contributed by atoms with Crippen LogP contribution in [0.2, 0.25) is 0 Å². The second-order valence-corrected chi connectivity index (χ2v) is 6.57. The van der Waals surface area contributed by atoms with E-state index in [-0.39, 0.29) is 5.83 Å². The number of thiazole rings is 1. The molecule has 4 rings (SSSR count). The molecule has 0 N–H and O–H groups in total. The van der Waals surface area contributed by atoms with Crippen molar-refractivity contribution in [1.29, 1.82) is 0 Å². The van der Waals surface area contributed by atoms with Gasteiger partial charge in [0.25, 0.3) is 0 Å². The first-order chi connectivity index (χ1) is 9.22. The number of likely N-dealkylation sites (N-methyl/N-ethyl adjacent to an activating group) is 1. The van der Waals surface area contributed by atoms with Crippen LogP contribution in [0.3, 0.4) is 0 Å². The lowest BCUT2D eigenvalue weighted by atomic mass is 10.0. The molecule has 0 aromatic carbocycles. The molecule has 1 atom stereocenters. The van der Waals surface area contributed by atoms with Crippen molar-refractivity contribution in [3.05, 3.63) is 38.4 Å². The Balaban J connectivity index is 1.81. The van der Waals surface area contributed by atoms with Gasteiger partial charge in [0.15, 0.2) is 0 Å². The standard InChI is InChI=1S/C15H15FN2S/c1-18-6-5-9(8-18)15-17-14-10-3-2-4-12(16)11(10)7-13(14)19-15/h2,4,7,9H,3,5-6,8H2,1H3. The molecule has 0 amide bonds. The highest BCUT2D eigenvalue weighted by Crippen LogP contribution is 2.31. The minimum absolute atomic E-state index is 0.117. The van der Waals surface area contributed by atoms with E-state index in [1.807, 2.05) is 12.2 Å². The lowest BCUT2D eigenvalue weighted by Crippen LogP contribution is -2.20. The Labute approximate surface area is 115 Å². The van der Waals surface area contributed by atoms with Gasteiger partial charge in [-0.1, -0.05) is 6.08 Å². The number of nitrogens with zero attached hydrogens (tertiary/aromatic N) is 2. The molecule has 1 aromatic heterocycles. The first kappa shape index (κ1) is 11.6. The number of hydrogen-bond donors (Lipinski definition) is 0. The predicted octanol–water partition coefficient (Wildman–Crippen LogP) is 1.69. The highest BCUT2D eigenvalue weighted by molar-refractivity contribution is 7.09. The fraction of sp³-hybridized carbons (Fsp3) is 0.400. The summed E-state index contributed by atoms with van der Waals surface area (Å²) < 4.78 is 14.9. The van der Waals surface area contributed by atoms with E-state index in [1.165, 1.54) is 11.4 Å². The Morgan fingerprint density at radius 2 is 2.37 bits per heavy atom. The molecule has 2 aliphatic carbocycles. The Hall–Kier alpha value is -1.26. The van der Waals surface area contributed by atoms with Crippen molar-refractivity contribution >= 4 is 23.0 Å². The highest BCUT2D eigenvalue weighted by atomic mass is 32.1. The zero-order chi connectivity index (χ0) is 13.0. The summed E-state index contributed by atoms with van der Waals surface area (Å²) in [5.41, 5.74) is 1.83. The molecule has 0 bridgehead atoms. The molecular formula is C15H15FN2S. The maximum atomic E-state index is 13.7. The van der Waals surface area contributed by atoms with Gasteiger partial charge in [0.1, 0.15) is 5.83 Å². The number of likely N-dealkylation sites (tertiary alicyclic amines) is 1. The first-order valence-electron chi connectivity index (χ1n) is 6.69. The van der Waals surface area contributed by atoms with E-state index in [0.717, 1.165) is 40.5 Å². The van der Waals surface area contributed by atoms with Gasteiger partial charge >= 0.3 is 0 Å². The van der Waals surface area contributed by atoms with Crippen molar-refractivity contribution in [2.24, 2.45) is 0 Å². The zero-order valence-electron chi connectivity index (χ0n) is 10.8. The van der Waals surface area contributed by atoms with Crippen molar-refractivity contribution < 1.29 is 4.39 Å². The molecule has 1 aliphatic heterocycles. The average molecular weight is 274 g/mol. The third-order valence-electron chi connectivity index (χ3n) is 4.14. The summed E-state index contributed by atoms with van der Waals surface area (Å²) in [6.07, 6.45) is 7.43. The van der Waals surface area contributed by atoms with Crippen LogP contribution in [0.15, 0.2) is 23.6 Å². The lowest BCUT2D eigenvalue weighted by Gasteiger charge is -2.08. The van der Waals surface area contributed by atoms with Crippen LogP contribution in [0.25, 0.3) is 11.6 Å². The van der Waals surface area contributed by atoms with Gasteiger partial charge in [-0.25, -0.2) is 9.37 Å². The summed E-state index contributed by atoms with van der Waals surface area (Å²) in [6, 6.07) is 0. The Morgan fingerprint density at radius 1 is 1.47 bits per heavy atom. The van der Waals surface area contributed by atoms with Crippen molar-refractivity contribution in [2.45, 2.75) is 18.8 Å². The van der Waals surface area contributed by atoms with E-state index < -0.39 is 0 Å². The van der Waals surface area contributed by atoms with Gasteiger partial charge in [0.2, 0.25) is 0 Å². The molecule has 4 heteroatoms. The number of fused-ring (bicyclic) bond motifs is 2. The fourth-order valence-electron chi connectivity index (χ4n) is 3.11. The monoisotopic (exact) mass is 274 g/mol. The van der Waals surface area contributed by atoms with Crippen LogP contribution in [0.1, 0.15) is 23.8 Å². The largest absolute Gasteiger partial charge is 0.306 e. The highest BCUT2D eigenvalue weighted by Gasteiger charge is 2.26. The van der Waals surface area contributed by atoms with Gasteiger partial charge in [0.05, 0.1) is 14.9 Å². The SMILES string of the molecule is CN1CCC(c2nc3c(s2)=CC2=C(F)C=CCC=32)C1. The molecule has 0 saturated carbocycles. The van der Waals surface area contributed by atoms with Crippen LogP contribution < -0.4 is 9.88 Å². The second kappa shape index (κ2) is 4.12. The fourth-order valence-corrected chi connectivity index (χ4v) is 4.27. The van der Waals surface area contributed by atoms with Crippen molar-refractivity contribution in [2.75, 3.05) is 20.1 Å².